The summed E-state index contributed by atoms with van der Waals surface area (Å²) in [6, 6.07) is 0. The summed E-state index contributed by atoms with van der Waals surface area (Å²) < 4.78 is 0. The Balaban J connectivity index is 2.62. The van der Waals surface area contributed by atoms with Crippen LogP contribution in [0.5, 0.6) is 0 Å². The van der Waals surface area contributed by atoms with Gasteiger partial charge in [-0.25, -0.2) is 0 Å². The predicted octanol–water partition coefficient (Wildman–Crippen LogP) is 4.10. The number of hydrogen-bond donors (Lipinski definition) is 2. The van der Waals surface area contributed by atoms with Gasteiger partial charge >= 0.3 is 11.9 Å². The maximum absolute atomic E-state index is 12.4. The van der Waals surface area contributed by atoms with E-state index in [1.807, 2.05) is 26.0 Å². The summed E-state index contributed by atoms with van der Waals surface area (Å²) in [6.45, 7) is 3.87. The first kappa shape index (κ1) is 17.0. The van der Waals surface area contributed by atoms with Gasteiger partial charge in [0.05, 0.1) is 10.8 Å². The zero-order chi connectivity index (χ0) is 16.4. The van der Waals surface area contributed by atoms with Crippen LogP contribution < -0.4 is 0 Å². The van der Waals surface area contributed by atoms with Crippen molar-refractivity contribution in [3.63, 3.8) is 0 Å². The maximum Gasteiger partial charge on any atom is 0.311 e. The third-order valence-electron chi connectivity index (χ3n) is 6.36. The van der Waals surface area contributed by atoms with Crippen molar-refractivity contribution in [3.05, 3.63) is 12.2 Å². The van der Waals surface area contributed by atoms with Crippen molar-refractivity contribution >= 4 is 11.9 Å². The molecule has 2 rings (SSSR count). The second-order valence-electron chi connectivity index (χ2n) is 7.08. The third kappa shape index (κ3) is 2.27. The summed E-state index contributed by atoms with van der Waals surface area (Å²) >= 11 is 0. The van der Waals surface area contributed by atoms with Crippen LogP contribution in [0, 0.1) is 22.7 Å². The lowest BCUT2D eigenvalue weighted by Gasteiger charge is -2.54. The first-order chi connectivity index (χ1) is 10.4. The van der Waals surface area contributed by atoms with Gasteiger partial charge < -0.3 is 10.2 Å². The van der Waals surface area contributed by atoms with E-state index in [1.54, 1.807) is 0 Å². The molecule has 3 atom stereocenters. The second kappa shape index (κ2) is 6.43. The van der Waals surface area contributed by atoms with Gasteiger partial charge in [0.15, 0.2) is 0 Å². The smallest absolute Gasteiger partial charge is 0.311 e. The van der Waals surface area contributed by atoms with Crippen LogP contribution in [0.1, 0.15) is 65.2 Å². The van der Waals surface area contributed by atoms with Crippen molar-refractivity contribution in [1.29, 1.82) is 0 Å². The minimum absolute atomic E-state index is 0.0335. The summed E-state index contributed by atoms with van der Waals surface area (Å²) in [4.78, 5) is 24.8. The predicted molar refractivity (Wildman–Crippen MR) is 84.5 cm³/mol. The molecule has 3 unspecified atom stereocenters. The number of carboxylic acids is 2. The molecular formula is C18H28O4. The van der Waals surface area contributed by atoms with Gasteiger partial charge in [0.1, 0.15) is 0 Å². The fourth-order valence-electron chi connectivity index (χ4n) is 4.96. The van der Waals surface area contributed by atoms with Crippen LogP contribution in [0.3, 0.4) is 0 Å². The van der Waals surface area contributed by atoms with Crippen molar-refractivity contribution in [2.45, 2.75) is 65.2 Å². The monoisotopic (exact) mass is 308 g/mol. The van der Waals surface area contributed by atoms with Crippen molar-refractivity contribution in [2.24, 2.45) is 22.7 Å². The van der Waals surface area contributed by atoms with Crippen molar-refractivity contribution in [1.82, 2.24) is 0 Å². The largest absolute Gasteiger partial charge is 0.481 e. The summed E-state index contributed by atoms with van der Waals surface area (Å²) in [5, 5.41) is 20.3. The molecule has 124 valence electrons. The molecule has 0 heterocycles. The molecule has 0 aromatic rings. The normalized spacial score (nSPS) is 34.3. The zero-order valence-corrected chi connectivity index (χ0v) is 13.7. The molecule has 2 aliphatic rings. The van der Waals surface area contributed by atoms with E-state index in [2.05, 4.69) is 0 Å². The number of hydrogen-bond acceptors (Lipinski definition) is 2. The Kier molecular flexibility index (Phi) is 4.98. The molecule has 2 N–H and O–H groups in total. The van der Waals surface area contributed by atoms with E-state index >= 15 is 0 Å². The van der Waals surface area contributed by atoms with Crippen LogP contribution >= 0.6 is 0 Å². The number of carbonyl (C=O) groups is 2. The quantitative estimate of drug-likeness (QED) is 0.750. The molecule has 0 saturated heterocycles. The van der Waals surface area contributed by atoms with Crippen molar-refractivity contribution in [2.75, 3.05) is 0 Å². The fraction of sp³-hybridized carbons (Fsp3) is 0.778. The lowest BCUT2D eigenvalue weighted by atomic mass is 9.46. The van der Waals surface area contributed by atoms with Crippen LogP contribution in [-0.4, -0.2) is 22.2 Å². The van der Waals surface area contributed by atoms with Crippen LogP contribution in [0.2, 0.25) is 0 Å². The van der Waals surface area contributed by atoms with Crippen LogP contribution in [0.15, 0.2) is 12.2 Å². The Morgan fingerprint density at radius 3 is 2.18 bits per heavy atom. The Labute approximate surface area is 132 Å². The maximum atomic E-state index is 12.4. The Morgan fingerprint density at radius 2 is 1.68 bits per heavy atom. The Morgan fingerprint density at radius 1 is 1.09 bits per heavy atom. The van der Waals surface area contributed by atoms with Gasteiger partial charge in [-0.3, -0.25) is 9.59 Å². The molecule has 0 aliphatic heterocycles. The van der Waals surface area contributed by atoms with E-state index < -0.39 is 22.8 Å². The van der Waals surface area contributed by atoms with Gasteiger partial charge in [0.25, 0.3) is 0 Å². The highest BCUT2D eigenvalue weighted by molar-refractivity contribution is 5.88. The first-order valence-corrected chi connectivity index (χ1v) is 8.55. The van der Waals surface area contributed by atoms with Gasteiger partial charge in [-0.1, -0.05) is 51.7 Å². The van der Waals surface area contributed by atoms with E-state index in [1.165, 1.54) is 0 Å². The van der Waals surface area contributed by atoms with Gasteiger partial charge in [0, 0.05) is 0 Å². The summed E-state index contributed by atoms with van der Waals surface area (Å²) in [7, 11) is 0. The molecule has 4 heteroatoms. The SMILES string of the molecule is CCC(C)C1(C(=O)O)CC=CCC1(C(=O)O)C1CCCCC1. The first-order valence-electron chi connectivity index (χ1n) is 8.55. The van der Waals surface area contributed by atoms with Crippen LogP contribution in [-0.2, 0) is 9.59 Å². The molecule has 4 nitrogen and oxygen atoms in total. The minimum Gasteiger partial charge on any atom is -0.481 e. The molecule has 0 spiro atoms. The Bertz CT molecular complexity index is 464. The van der Waals surface area contributed by atoms with Gasteiger partial charge in [-0.15, -0.1) is 0 Å². The average Bonchev–Trinajstić information content (AvgIpc) is 2.54. The second-order valence-corrected chi connectivity index (χ2v) is 7.08. The highest BCUT2D eigenvalue weighted by Crippen LogP contribution is 2.60. The van der Waals surface area contributed by atoms with Crippen LogP contribution in [0.25, 0.3) is 0 Å². The third-order valence-corrected chi connectivity index (χ3v) is 6.36. The van der Waals surface area contributed by atoms with Gasteiger partial charge in [-0.05, 0) is 37.5 Å². The van der Waals surface area contributed by atoms with Crippen molar-refractivity contribution in [3.8, 4) is 0 Å². The topological polar surface area (TPSA) is 74.6 Å². The van der Waals surface area contributed by atoms with E-state index in [0.717, 1.165) is 32.1 Å². The fourth-order valence-corrected chi connectivity index (χ4v) is 4.96. The summed E-state index contributed by atoms with van der Waals surface area (Å²) in [6.07, 6.45) is 9.98. The number of carboxylic acid groups (broad SMARTS) is 2. The molecule has 1 fully saturated rings. The lowest BCUT2D eigenvalue weighted by molar-refractivity contribution is -0.190. The van der Waals surface area contributed by atoms with E-state index in [0.29, 0.717) is 19.3 Å². The molecule has 1 saturated carbocycles. The van der Waals surface area contributed by atoms with Gasteiger partial charge in [0.2, 0.25) is 0 Å². The standard InChI is InChI=1S/C18H28O4/c1-3-13(2)17(15(19)20)11-7-8-12-18(17,16(21)22)14-9-5-4-6-10-14/h7-8,13-14H,3-6,9-12H2,1-2H3,(H,19,20)(H,21,22). The van der Waals surface area contributed by atoms with Gasteiger partial charge in [-0.2, -0.15) is 0 Å². The molecule has 0 aromatic carbocycles. The molecule has 0 radical (unpaired) electrons. The van der Waals surface area contributed by atoms with Crippen LogP contribution in [0.4, 0.5) is 0 Å². The number of aliphatic carboxylic acids is 2. The summed E-state index contributed by atoms with van der Waals surface area (Å²) in [5.74, 6) is -2.03. The molecule has 2 aliphatic carbocycles. The van der Waals surface area contributed by atoms with E-state index in [4.69, 9.17) is 0 Å². The number of rotatable bonds is 5. The highest BCUT2D eigenvalue weighted by atomic mass is 16.4. The molecule has 0 bridgehead atoms. The average molecular weight is 308 g/mol. The summed E-state index contributed by atoms with van der Waals surface area (Å²) in [5.41, 5.74) is -2.35. The van der Waals surface area contributed by atoms with Crippen molar-refractivity contribution < 1.29 is 19.8 Å². The van der Waals surface area contributed by atoms with E-state index in [9.17, 15) is 19.8 Å². The van der Waals surface area contributed by atoms with E-state index in [-0.39, 0.29) is 11.8 Å². The Hall–Kier alpha value is -1.32. The zero-order valence-electron chi connectivity index (χ0n) is 13.7. The molecule has 22 heavy (non-hydrogen) atoms. The molecular weight excluding hydrogens is 280 g/mol. The highest BCUT2D eigenvalue weighted by Gasteiger charge is 2.66. The number of allylic oxidation sites excluding steroid dienone is 2. The minimum atomic E-state index is -1.19. The molecule has 0 aromatic heterocycles. The molecule has 0 amide bonds. The lowest BCUT2D eigenvalue weighted by Crippen LogP contribution is -2.60.